The molecule has 0 fully saturated rings. The Morgan fingerprint density at radius 2 is 2.38 bits per heavy atom. The van der Waals surface area contributed by atoms with Crippen molar-refractivity contribution in [3.8, 4) is 0 Å². The highest BCUT2D eigenvalue weighted by Gasteiger charge is 2.15. The van der Waals surface area contributed by atoms with Gasteiger partial charge in [0.05, 0.1) is 6.20 Å². The Kier molecular flexibility index (Phi) is 3.14. The minimum atomic E-state index is -3.24. The van der Waals surface area contributed by atoms with Crippen molar-refractivity contribution >= 4 is 42.9 Å². The third-order valence-corrected chi connectivity index (χ3v) is 4.07. The van der Waals surface area contributed by atoms with Crippen LogP contribution in [0.2, 0.25) is 0 Å². The number of nitrogens with zero attached hydrogens (tertiary/aromatic N) is 1. The third-order valence-electron chi connectivity index (χ3n) is 1.02. The predicted molar refractivity (Wildman–Crippen MR) is 53.4 cm³/mol. The van der Waals surface area contributed by atoms with Gasteiger partial charge in [-0.1, -0.05) is 21.1 Å². The van der Waals surface area contributed by atoms with Crippen molar-refractivity contribution in [3.05, 3.63) is 6.20 Å². The number of anilines is 1. The first-order valence-corrected chi connectivity index (χ1v) is 6.30. The van der Waals surface area contributed by atoms with Crippen LogP contribution in [-0.2, 0) is 4.79 Å². The SMILES string of the molecule is CC(=O)Nc1ncc(S(O)(O)Cl)s1. The minimum Gasteiger partial charge on any atom is -0.302 e. The Morgan fingerprint density at radius 1 is 1.77 bits per heavy atom. The Labute approximate surface area is 84.6 Å². The molecular weight excluding hydrogens is 236 g/mol. The van der Waals surface area contributed by atoms with E-state index in [0.29, 0.717) is 5.13 Å². The first-order valence-electron chi connectivity index (χ1n) is 3.11. The van der Waals surface area contributed by atoms with Crippen molar-refractivity contribution in [1.82, 2.24) is 4.98 Å². The summed E-state index contributed by atoms with van der Waals surface area (Å²) < 4.78 is 18.1. The summed E-state index contributed by atoms with van der Waals surface area (Å²) >= 11 is 0.930. The standard InChI is InChI=1S/C5H7ClN2O3S2/c1-3(9)8-5-7-2-4(12-5)13(6,10)11/h2,10-11H,1H3,(H,7,8,9). The molecule has 8 heteroatoms. The van der Waals surface area contributed by atoms with Gasteiger partial charge in [0.15, 0.2) is 5.13 Å². The highest BCUT2D eigenvalue weighted by atomic mass is 35.7. The summed E-state index contributed by atoms with van der Waals surface area (Å²) in [7, 11) is 2.02. The molecule has 5 nitrogen and oxygen atoms in total. The van der Waals surface area contributed by atoms with E-state index in [-0.39, 0.29) is 10.1 Å². The van der Waals surface area contributed by atoms with Crippen LogP contribution in [0.5, 0.6) is 0 Å². The lowest BCUT2D eigenvalue weighted by Crippen LogP contribution is -2.04. The second-order valence-corrected chi connectivity index (χ2v) is 6.12. The number of aromatic nitrogens is 1. The van der Waals surface area contributed by atoms with Crippen LogP contribution < -0.4 is 5.32 Å². The van der Waals surface area contributed by atoms with E-state index in [1.165, 1.54) is 13.1 Å². The molecule has 1 rings (SSSR count). The lowest BCUT2D eigenvalue weighted by atomic mass is 10.7. The molecule has 0 aliphatic carbocycles. The van der Waals surface area contributed by atoms with Gasteiger partial charge < -0.3 is 5.32 Å². The molecule has 1 aromatic heterocycles. The normalized spacial score (nSPS) is 12.6. The molecule has 3 N–H and O–H groups in total. The van der Waals surface area contributed by atoms with E-state index >= 15 is 0 Å². The average Bonchev–Trinajstić information content (AvgIpc) is 2.32. The summed E-state index contributed by atoms with van der Waals surface area (Å²) in [4.78, 5) is 14.3. The zero-order chi connectivity index (χ0) is 10.1. The number of rotatable bonds is 2. The highest BCUT2D eigenvalue weighted by molar-refractivity contribution is 8.43. The number of carbonyl (C=O) groups excluding carboxylic acids is 1. The fourth-order valence-electron chi connectivity index (χ4n) is 0.588. The fraction of sp³-hybridized carbons (Fsp3) is 0.200. The van der Waals surface area contributed by atoms with Crippen LogP contribution >= 0.6 is 31.8 Å². The van der Waals surface area contributed by atoms with Crippen LogP contribution in [-0.4, -0.2) is 20.0 Å². The maximum absolute atomic E-state index is 10.6. The van der Waals surface area contributed by atoms with E-state index in [0.717, 1.165) is 11.3 Å². The summed E-state index contributed by atoms with van der Waals surface area (Å²) in [6.07, 6.45) is 1.22. The maximum atomic E-state index is 10.6. The molecule has 1 aromatic rings. The molecule has 0 saturated carbocycles. The molecule has 0 bridgehead atoms. The number of nitrogens with one attached hydrogen (secondary N) is 1. The van der Waals surface area contributed by atoms with Crippen molar-refractivity contribution in [1.29, 1.82) is 0 Å². The van der Waals surface area contributed by atoms with Gasteiger partial charge in [-0.2, -0.15) is 0 Å². The second-order valence-electron chi connectivity index (χ2n) is 2.15. The van der Waals surface area contributed by atoms with Crippen LogP contribution in [0.1, 0.15) is 6.92 Å². The molecule has 0 spiro atoms. The number of hydrogen-bond donors (Lipinski definition) is 3. The molecule has 0 aromatic carbocycles. The second kappa shape index (κ2) is 3.81. The summed E-state index contributed by atoms with van der Waals surface area (Å²) in [5, 5.41) is 2.69. The van der Waals surface area contributed by atoms with Crippen LogP contribution in [0.4, 0.5) is 5.13 Å². The van der Waals surface area contributed by atoms with E-state index < -0.39 is 9.80 Å². The fourth-order valence-corrected chi connectivity index (χ4v) is 2.43. The summed E-state index contributed by atoms with van der Waals surface area (Å²) in [6, 6.07) is 0. The molecule has 1 heterocycles. The monoisotopic (exact) mass is 242 g/mol. The number of halogens is 1. The zero-order valence-corrected chi connectivity index (χ0v) is 8.91. The first-order chi connectivity index (χ1) is 5.89. The number of carbonyl (C=O) groups is 1. The van der Waals surface area contributed by atoms with Gasteiger partial charge in [-0.05, 0) is 0 Å². The van der Waals surface area contributed by atoms with Gasteiger partial charge in [0.25, 0.3) is 0 Å². The topological polar surface area (TPSA) is 82.5 Å². The van der Waals surface area contributed by atoms with Crippen LogP contribution in [0.3, 0.4) is 0 Å². The van der Waals surface area contributed by atoms with Gasteiger partial charge in [-0.15, -0.1) is 0 Å². The Morgan fingerprint density at radius 3 is 2.77 bits per heavy atom. The summed E-state index contributed by atoms with van der Waals surface area (Å²) in [5.74, 6) is -0.271. The molecule has 74 valence electrons. The Hall–Kier alpha value is -0.340. The largest absolute Gasteiger partial charge is 0.302 e. The summed E-state index contributed by atoms with van der Waals surface area (Å²) in [5.41, 5.74) is 0. The van der Waals surface area contributed by atoms with Crippen molar-refractivity contribution in [2.45, 2.75) is 11.1 Å². The van der Waals surface area contributed by atoms with E-state index in [1.807, 2.05) is 0 Å². The van der Waals surface area contributed by atoms with E-state index in [4.69, 9.17) is 19.8 Å². The number of amides is 1. The van der Waals surface area contributed by atoms with Crippen molar-refractivity contribution in [2.75, 3.05) is 5.32 Å². The Balaban J connectivity index is 2.81. The van der Waals surface area contributed by atoms with Gasteiger partial charge in [0, 0.05) is 17.6 Å². The summed E-state index contributed by atoms with van der Waals surface area (Å²) in [6.45, 7) is 1.33. The molecule has 0 unspecified atom stereocenters. The molecular formula is C5H7ClN2O3S2. The molecule has 0 atom stereocenters. The molecule has 0 aliphatic heterocycles. The quantitative estimate of drug-likeness (QED) is 0.744. The van der Waals surface area contributed by atoms with Gasteiger partial charge in [0.2, 0.25) is 5.91 Å². The highest BCUT2D eigenvalue weighted by Crippen LogP contribution is 2.55. The molecule has 0 radical (unpaired) electrons. The van der Waals surface area contributed by atoms with E-state index in [2.05, 4.69) is 10.3 Å². The van der Waals surface area contributed by atoms with Gasteiger partial charge >= 0.3 is 0 Å². The van der Waals surface area contributed by atoms with Crippen molar-refractivity contribution in [2.24, 2.45) is 0 Å². The van der Waals surface area contributed by atoms with Gasteiger partial charge in [-0.25, -0.2) is 4.98 Å². The lowest BCUT2D eigenvalue weighted by Gasteiger charge is -2.19. The van der Waals surface area contributed by atoms with Gasteiger partial charge in [0.1, 0.15) is 4.21 Å². The molecule has 0 aliphatic rings. The average molecular weight is 243 g/mol. The van der Waals surface area contributed by atoms with Crippen molar-refractivity contribution in [3.63, 3.8) is 0 Å². The lowest BCUT2D eigenvalue weighted by molar-refractivity contribution is -0.114. The third kappa shape index (κ3) is 3.12. The molecule has 13 heavy (non-hydrogen) atoms. The smallest absolute Gasteiger partial charge is 0.223 e. The number of thiazole rings is 1. The van der Waals surface area contributed by atoms with E-state index in [1.54, 1.807) is 0 Å². The first kappa shape index (κ1) is 10.7. The van der Waals surface area contributed by atoms with E-state index in [9.17, 15) is 4.79 Å². The maximum Gasteiger partial charge on any atom is 0.223 e. The van der Waals surface area contributed by atoms with Crippen LogP contribution in [0, 0.1) is 0 Å². The number of hydrogen-bond acceptors (Lipinski definition) is 5. The minimum absolute atomic E-state index is 0.137. The molecule has 1 amide bonds. The van der Waals surface area contributed by atoms with Crippen LogP contribution in [0.25, 0.3) is 0 Å². The van der Waals surface area contributed by atoms with Crippen LogP contribution in [0.15, 0.2) is 10.4 Å². The molecule has 0 saturated heterocycles. The van der Waals surface area contributed by atoms with Gasteiger partial charge in [-0.3, -0.25) is 13.9 Å². The Bertz CT molecular complexity index is 322. The predicted octanol–water partition coefficient (Wildman–Crippen LogP) is 2.36. The zero-order valence-electron chi connectivity index (χ0n) is 6.52. The van der Waals surface area contributed by atoms with Crippen molar-refractivity contribution < 1.29 is 13.9 Å².